The Morgan fingerprint density at radius 2 is 1.70 bits per heavy atom. The Morgan fingerprint density at radius 3 is 2.38 bits per heavy atom. The maximum absolute atomic E-state index is 14.8. The van der Waals surface area contributed by atoms with Crippen LogP contribution in [0.25, 0.3) is 10.9 Å². The number of carbonyl (C=O) groups is 1. The number of carbonyl (C=O) groups excluding carboxylic acids is 1. The summed E-state index contributed by atoms with van der Waals surface area (Å²) >= 11 is 0. The van der Waals surface area contributed by atoms with Crippen LogP contribution in [0.2, 0.25) is 0 Å². The SMILES string of the molecule is C[C@@H](Nc1nn(C)c(=O)c2nnc(C3CCN(C(=O)C4CCN(C)CC4)CC3)cc12)c1cccc(C(F)F)c1F. The molecule has 1 aromatic carbocycles. The van der Waals surface area contributed by atoms with Gasteiger partial charge in [0.2, 0.25) is 5.91 Å². The molecule has 2 aliphatic heterocycles. The Bertz CT molecular complexity index is 1450. The number of fused-ring (bicyclic) bond motifs is 1. The van der Waals surface area contributed by atoms with Crippen molar-refractivity contribution >= 4 is 22.6 Å². The molecule has 214 valence electrons. The fraction of sp³-hybridized carbons (Fsp3) is 0.536. The number of piperidine rings is 2. The van der Waals surface area contributed by atoms with Crippen LogP contribution in [0.4, 0.5) is 19.0 Å². The maximum Gasteiger partial charge on any atom is 0.295 e. The molecule has 9 nitrogen and oxygen atoms in total. The molecule has 0 aliphatic carbocycles. The van der Waals surface area contributed by atoms with Crippen LogP contribution in [-0.2, 0) is 11.8 Å². The van der Waals surface area contributed by atoms with E-state index >= 15 is 0 Å². The van der Waals surface area contributed by atoms with Gasteiger partial charge in [0.15, 0.2) is 11.3 Å². The topological polar surface area (TPSA) is 96.2 Å². The van der Waals surface area contributed by atoms with Crippen molar-refractivity contribution in [2.24, 2.45) is 13.0 Å². The van der Waals surface area contributed by atoms with Gasteiger partial charge < -0.3 is 15.1 Å². The Kier molecular flexibility index (Phi) is 8.07. The molecule has 0 saturated carbocycles. The molecular weight excluding hydrogens is 523 g/mol. The lowest BCUT2D eigenvalue weighted by Gasteiger charge is -2.36. The van der Waals surface area contributed by atoms with Crippen molar-refractivity contribution in [3.63, 3.8) is 0 Å². The lowest BCUT2D eigenvalue weighted by molar-refractivity contribution is -0.138. The normalized spacial score (nSPS) is 18.4. The average molecular weight is 558 g/mol. The number of aryl methyl sites for hydroxylation is 1. The number of likely N-dealkylation sites (tertiary alicyclic amines) is 2. The van der Waals surface area contributed by atoms with Crippen molar-refractivity contribution in [2.45, 2.75) is 51.0 Å². The number of nitrogens with one attached hydrogen (secondary N) is 1. The number of hydrogen-bond donors (Lipinski definition) is 1. The van der Waals surface area contributed by atoms with Crippen molar-refractivity contribution in [3.05, 3.63) is 57.3 Å². The number of aromatic nitrogens is 4. The quantitative estimate of drug-likeness (QED) is 0.489. The van der Waals surface area contributed by atoms with Crippen LogP contribution in [0.15, 0.2) is 29.1 Å². The summed E-state index contributed by atoms with van der Waals surface area (Å²) in [6, 6.07) is 4.94. The number of rotatable bonds is 6. The minimum absolute atomic E-state index is 0.0490. The van der Waals surface area contributed by atoms with Gasteiger partial charge in [0, 0.05) is 37.5 Å². The molecule has 2 aliphatic rings. The first-order chi connectivity index (χ1) is 19.1. The maximum atomic E-state index is 14.8. The minimum atomic E-state index is -2.94. The van der Waals surface area contributed by atoms with E-state index in [9.17, 15) is 22.8 Å². The molecule has 5 rings (SSSR count). The first-order valence-electron chi connectivity index (χ1n) is 13.7. The number of amides is 1. The monoisotopic (exact) mass is 557 g/mol. The number of nitrogens with zero attached hydrogens (tertiary/aromatic N) is 6. The van der Waals surface area contributed by atoms with Crippen LogP contribution in [0.5, 0.6) is 0 Å². The van der Waals surface area contributed by atoms with Crippen LogP contribution in [0.1, 0.15) is 67.8 Å². The van der Waals surface area contributed by atoms with Crippen LogP contribution in [-0.4, -0.2) is 68.9 Å². The second-order valence-corrected chi connectivity index (χ2v) is 10.9. The highest BCUT2D eigenvalue weighted by atomic mass is 19.3. The molecule has 2 fully saturated rings. The van der Waals surface area contributed by atoms with Gasteiger partial charge >= 0.3 is 0 Å². The Hall–Kier alpha value is -3.54. The van der Waals surface area contributed by atoms with Crippen LogP contribution < -0.4 is 10.9 Å². The van der Waals surface area contributed by atoms with Gasteiger partial charge in [0.1, 0.15) is 5.82 Å². The van der Waals surface area contributed by atoms with E-state index in [1.807, 2.05) is 4.90 Å². The Morgan fingerprint density at radius 1 is 1.02 bits per heavy atom. The minimum Gasteiger partial charge on any atom is -0.361 e. The van der Waals surface area contributed by atoms with Crippen molar-refractivity contribution < 1.29 is 18.0 Å². The molecule has 1 N–H and O–H groups in total. The fourth-order valence-electron chi connectivity index (χ4n) is 5.72. The lowest BCUT2D eigenvalue weighted by atomic mass is 9.90. The Balaban J connectivity index is 1.36. The molecule has 2 aromatic heterocycles. The van der Waals surface area contributed by atoms with E-state index < -0.39 is 29.4 Å². The van der Waals surface area contributed by atoms with E-state index in [-0.39, 0.29) is 34.6 Å². The molecule has 12 heteroatoms. The molecule has 1 amide bonds. The summed E-state index contributed by atoms with van der Waals surface area (Å²) in [7, 11) is 3.55. The van der Waals surface area contributed by atoms with Gasteiger partial charge in [0.05, 0.1) is 22.7 Å². The summed E-state index contributed by atoms with van der Waals surface area (Å²) in [4.78, 5) is 30.0. The number of alkyl halides is 2. The molecule has 0 radical (unpaired) electrons. The zero-order chi connectivity index (χ0) is 28.6. The van der Waals surface area contributed by atoms with E-state index in [1.165, 1.54) is 19.2 Å². The second-order valence-electron chi connectivity index (χ2n) is 10.9. The molecule has 3 aromatic rings. The van der Waals surface area contributed by atoms with Crippen molar-refractivity contribution in [2.75, 3.05) is 38.5 Å². The zero-order valence-electron chi connectivity index (χ0n) is 22.9. The molecule has 1 atom stereocenters. The first-order valence-corrected chi connectivity index (χ1v) is 13.7. The highest BCUT2D eigenvalue weighted by Crippen LogP contribution is 2.32. The third-order valence-corrected chi connectivity index (χ3v) is 8.22. The van der Waals surface area contributed by atoms with Gasteiger partial charge in [-0.05, 0) is 58.8 Å². The molecule has 0 spiro atoms. The summed E-state index contributed by atoms with van der Waals surface area (Å²) in [5.74, 6) is -0.344. The number of halogens is 3. The molecular formula is C28H34F3N7O2. The molecule has 0 unspecified atom stereocenters. The summed E-state index contributed by atoms with van der Waals surface area (Å²) in [5, 5.41) is 16.4. The van der Waals surface area contributed by atoms with Gasteiger partial charge in [0.25, 0.3) is 12.0 Å². The number of anilines is 1. The van der Waals surface area contributed by atoms with E-state index in [1.54, 1.807) is 13.0 Å². The predicted molar refractivity (Wildman–Crippen MR) is 145 cm³/mol. The van der Waals surface area contributed by atoms with Gasteiger partial charge in [-0.1, -0.05) is 18.2 Å². The largest absolute Gasteiger partial charge is 0.361 e. The second kappa shape index (κ2) is 11.5. The highest BCUT2D eigenvalue weighted by molar-refractivity contribution is 5.88. The fourth-order valence-corrected chi connectivity index (χ4v) is 5.72. The van der Waals surface area contributed by atoms with Gasteiger partial charge in [-0.2, -0.15) is 10.2 Å². The van der Waals surface area contributed by atoms with Crippen LogP contribution in [0, 0.1) is 11.7 Å². The van der Waals surface area contributed by atoms with E-state index in [4.69, 9.17) is 0 Å². The molecule has 0 bridgehead atoms. The summed E-state index contributed by atoms with van der Waals surface area (Å²) in [6.07, 6.45) is 0.284. The van der Waals surface area contributed by atoms with Crippen molar-refractivity contribution in [1.29, 1.82) is 0 Å². The standard InChI is InChI=1S/C28H34F3N7O2/c1-16(19-5-4-6-20(23(19)29)25(30)31)32-26-21-15-22(33-34-24(21)28(40)37(3)35-26)17-9-13-38(14-10-17)27(39)18-7-11-36(2)12-8-18/h4-6,15-18,25H,7-14H2,1-3H3,(H,32,35)/t16-/m1/s1. The van der Waals surface area contributed by atoms with Crippen molar-refractivity contribution in [3.8, 4) is 0 Å². The summed E-state index contributed by atoms with van der Waals surface area (Å²) in [6.45, 7) is 4.77. The third kappa shape index (κ3) is 5.54. The third-order valence-electron chi connectivity index (χ3n) is 8.22. The summed E-state index contributed by atoms with van der Waals surface area (Å²) < 4.78 is 42.4. The number of hydrogen-bond acceptors (Lipinski definition) is 7. The number of benzene rings is 1. The molecule has 2 saturated heterocycles. The first kappa shape index (κ1) is 28.0. The predicted octanol–water partition coefficient (Wildman–Crippen LogP) is 4.02. The smallest absolute Gasteiger partial charge is 0.295 e. The van der Waals surface area contributed by atoms with E-state index in [0.29, 0.717) is 24.2 Å². The molecule has 4 heterocycles. The van der Waals surface area contributed by atoms with Crippen LogP contribution in [0.3, 0.4) is 0 Å². The van der Waals surface area contributed by atoms with Gasteiger partial charge in [-0.25, -0.2) is 17.9 Å². The van der Waals surface area contributed by atoms with Crippen molar-refractivity contribution in [1.82, 2.24) is 29.8 Å². The lowest BCUT2D eigenvalue weighted by Crippen LogP contribution is -2.44. The summed E-state index contributed by atoms with van der Waals surface area (Å²) in [5.41, 5.74) is -0.247. The highest BCUT2D eigenvalue weighted by Gasteiger charge is 2.31. The van der Waals surface area contributed by atoms with Crippen LogP contribution >= 0.6 is 0 Å². The van der Waals surface area contributed by atoms with Gasteiger partial charge in [-0.3, -0.25) is 9.59 Å². The van der Waals surface area contributed by atoms with E-state index in [0.717, 1.165) is 49.5 Å². The molecule has 40 heavy (non-hydrogen) atoms. The van der Waals surface area contributed by atoms with E-state index in [2.05, 4.69) is 32.6 Å². The zero-order valence-corrected chi connectivity index (χ0v) is 22.9. The van der Waals surface area contributed by atoms with Gasteiger partial charge in [-0.15, -0.1) is 5.10 Å². The average Bonchev–Trinajstić information content (AvgIpc) is 2.95. The Labute approximate surface area is 230 Å².